The molecule has 12 heteroatoms. The molecule has 1 spiro atoms. The van der Waals surface area contributed by atoms with Crippen molar-refractivity contribution in [3.63, 3.8) is 0 Å². The van der Waals surface area contributed by atoms with Crippen LogP contribution in [0.15, 0.2) is 30.6 Å². The van der Waals surface area contributed by atoms with Crippen LogP contribution in [0.3, 0.4) is 0 Å². The van der Waals surface area contributed by atoms with E-state index < -0.39 is 11.2 Å². The van der Waals surface area contributed by atoms with Crippen molar-refractivity contribution in [2.24, 2.45) is 5.73 Å². The molecule has 2 saturated heterocycles. The van der Waals surface area contributed by atoms with Crippen LogP contribution in [0.4, 0.5) is 11.8 Å². The van der Waals surface area contributed by atoms with Crippen LogP contribution in [-0.4, -0.2) is 79.5 Å². The van der Waals surface area contributed by atoms with Gasteiger partial charge in [-0.15, -0.1) is 0 Å². The highest BCUT2D eigenvalue weighted by atomic mass is 16.5. The normalized spacial score (nSPS) is 23.8. The van der Waals surface area contributed by atoms with Crippen LogP contribution in [0.2, 0.25) is 0 Å². The maximum absolute atomic E-state index is 13.1. The van der Waals surface area contributed by atoms with Gasteiger partial charge in [-0.1, -0.05) is 0 Å². The molecule has 36 heavy (non-hydrogen) atoms. The first kappa shape index (κ1) is 24.2. The Morgan fingerprint density at radius 3 is 2.64 bits per heavy atom. The number of nitrogens with two attached hydrogens (primary N) is 3. The average molecular weight is 497 g/mol. The lowest BCUT2D eigenvalue weighted by atomic mass is 9.77. The fraction of sp³-hybridized carbons (Fsp3) is 0.500. The summed E-state index contributed by atoms with van der Waals surface area (Å²) in [5.74, 6) is 0.902. The molecule has 0 bridgehead atoms. The Morgan fingerprint density at radius 2 is 1.94 bits per heavy atom. The van der Waals surface area contributed by atoms with Gasteiger partial charge in [-0.05, 0) is 44.0 Å². The minimum atomic E-state index is -1.16. The van der Waals surface area contributed by atoms with Crippen LogP contribution in [0.1, 0.15) is 42.6 Å². The van der Waals surface area contributed by atoms with Gasteiger partial charge in [0.1, 0.15) is 23.5 Å². The summed E-state index contributed by atoms with van der Waals surface area (Å²) in [4.78, 5) is 27.6. The van der Waals surface area contributed by atoms with E-state index >= 15 is 0 Å². The molecule has 2 aliphatic heterocycles. The standard InChI is InChI=1S/C24H32N8O4/c1-23(34)13-36-24(12-17(23)32-14-28-18-19(26)29-22(27)30-20(18)32)6-9-31(10-7-24)21(33)15-2-4-16(5-3-15)35-11-8-25/h2-5,14,17,34H,6-13,25H2,1H3,(H4,26,27,29,30)/t17-,23-/m0/s1. The molecular formula is C24H32N8O4. The van der Waals surface area contributed by atoms with Crippen LogP contribution in [0, 0.1) is 0 Å². The van der Waals surface area contributed by atoms with Crippen LogP contribution >= 0.6 is 0 Å². The molecule has 2 aliphatic rings. The molecule has 12 nitrogen and oxygen atoms in total. The van der Waals surface area contributed by atoms with Crippen molar-refractivity contribution in [1.82, 2.24) is 24.4 Å². The Bertz CT molecular complexity index is 1250. The average Bonchev–Trinajstić information content (AvgIpc) is 3.28. The molecule has 1 aromatic carbocycles. The number of nitrogens with zero attached hydrogens (tertiary/aromatic N) is 5. The number of fused-ring (bicyclic) bond motifs is 1. The molecule has 0 radical (unpaired) electrons. The summed E-state index contributed by atoms with van der Waals surface area (Å²) in [7, 11) is 0. The summed E-state index contributed by atoms with van der Waals surface area (Å²) < 4.78 is 13.6. The zero-order valence-corrected chi connectivity index (χ0v) is 20.3. The number of aliphatic hydroxyl groups is 1. The molecule has 2 aromatic heterocycles. The minimum Gasteiger partial charge on any atom is -0.492 e. The maximum Gasteiger partial charge on any atom is 0.253 e. The third-order valence-electron chi connectivity index (χ3n) is 7.20. The zero-order valence-electron chi connectivity index (χ0n) is 20.3. The lowest BCUT2D eigenvalue weighted by Crippen LogP contribution is -2.57. The first-order valence-electron chi connectivity index (χ1n) is 12.1. The number of imidazole rings is 1. The van der Waals surface area contributed by atoms with Crippen molar-refractivity contribution >= 4 is 28.8 Å². The van der Waals surface area contributed by atoms with Crippen molar-refractivity contribution in [2.75, 3.05) is 44.3 Å². The van der Waals surface area contributed by atoms with Crippen molar-refractivity contribution in [2.45, 2.75) is 43.4 Å². The first-order valence-corrected chi connectivity index (χ1v) is 12.1. The molecule has 2 atom stereocenters. The predicted octanol–water partition coefficient (Wildman–Crippen LogP) is 0.716. The lowest BCUT2D eigenvalue weighted by molar-refractivity contribution is -0.198. The number of hydrogen-bond acceptors (Lipinski definition) is 10. The smallest absolute Gasteiger partial charge is 0.253 e. The van der Waals surface area contributed by atoms with Gasteiger partial charge in [0, 0.05) is 31.6 Å². The number of amides is 1. The van der Waals surface area contributed by atoms with Crippen LogP contribution in [-0.2, 0) is 4.74 Å². The van der Waals surface area contributed by atoms with E-state index in [0.717, 1.165) is 0 Å². The van der Waals surface area contributed by atoms with E-state index in [-0.39, 0.29) is 30.3 Å². The predicted molar refractivity (Wildman–Crippen MR) is 133 cm³/mol. The quantitative estimate of drug-likeness (QED) is 0.393. The first-order chi connectivity index (χ1) is 17.2. The summed E-state index contributed by atoms with van der Waals surface area (Å²) in [5, 5.41) is 11.2. The van der Waals surface area contributed by atoms with E-state index in [1.807, 2.05) is 9.47 Å². The van der Waals surface area contributed by atoms with Crippen LogP contribution < -0.4 is 21.9 Å². The highest BCUT2D eigenvalue weighted by Gasteiger charge is 2.50. The second-order valence-corrected chi connectivity index (χ2v) is 9.79. The number of benzene rings is 1. The van der Waals surface area contributed by atoms with E-state index in [4.69, 9.17) is 26.7 Å². The number of carbonyl (C=O) groups is 1. The van der Waals surface area contributed by atoms with Crippen molar-refractivity contribution in [1.29, 1.82) is 0 Å². The monoisotopic (exact) mass is 496 g/mol. The second-order valence-electron chi connectivity index (χ2n) is 9.79. The molecular weight excluding hydrogens is 464 g/mol. The summed E-state index contributed by atoms with van der Waals surface area (Å²) in [6.45, 7) is 3.84. The summed E-state index contributed by atoms with van der Waals surface area (Å²) in [6.07, 6.45) is 3.45. The fourth-order valence-corrected chi connectivity index (χ4v) is 5.13. The molecule has 0 unspecified atom stereocenters. The van der Waals surface area contributed by atoms with E-state index in [9.17, 15) is 9.90 Å². The van der Waals surface area contributed by atoms with Crippen molar-refractivity contribution in [3.8, 4) is 5.75 Å². The van der Waals surface area contributed by atoms with E-state index in [2.05, 4.69) is 15.0 Å². The SMILES string of the molecule is C[C@]1(O)COC2(CCN(C(=O)c3ccc(OCCN)cc3)CC2)C[C@@H]1n1cnc2c(N)nc(N)nc21. The van der Waals surface area contributed by atoms with Gasteiger partial charge in [0.25, 0.3) is 5.91 Å². The van der Waals surface area contributed by atoms with E-state index in [0.29, 0.717) is 68.0 Å². The minimum absolute atomic E-state index is 0.0298. The third kappa shape index (κ3) is 4.43. The Kier molecular flexibility index (Phi) is 6.18. The van der Waals surface area contributed by atoms with Crippen LogP contribution in [0.5, 0.6) is 5.75 Å². The molecule has 192 valence electrons. The summed E-state index contributed by atoms with van der Waals surface area (Å²) >= 11 is 0. The molecule has 0 aliphatic carbocycles. The van der Waals surface area contributed by atoms with Gasteiger partial charge in [-0.25, -0.2) is 4.98 Å². The van der Waals surface area contributed by atoms with E-state index in [1.165, 1.54) is 0 Å². The number of anilines is 2. The number of ether oxygens (including phenoxy) is 2. The van der Waals surface area contributed by atoms with Crippen LogP contribution in [0.25, 0.3) is 11.2 Å². The number of aromatic nitrogens is 4. The van der Waals surface area contributed by atoms with Gasteiger partial charge in [0.15, 0.2) is 11.5 Å². The molecule has 2 fully saturated rings. The molecule has 7 N–H and O–H groups in total. The number of nitrogen functional groups attached to an aromatic ring is 2. The van der Waals surface area contributed by atoms with Gasteiger partial charge in [0.2, 0.25) is 5.95 Å². The largest absolute Gasteiger partial charge is 0.492 e. The Balaban J connectivity index is 1.31. The maximum atomic E-state index is 13.1. The van der Waals surface area contributed by atoms with Gasteiger partial charge in [-0.3, -0.25) is 4.79 Å². The zero-order chi connectivity index (χ0) is 25.5. The Labute approximate surface area is 208 Å². The molecule has 3 aromatic rings. The lowest BCUT2D eigenvalue weighted by Gasteiger charge is -2.51. The molecule has 0 saturated carbocycles. The highest BCUT2D eigenvalue weighted by molar-refractivity contribution is 5.94. The molecule has 4 heterocycles. The number of piperidine rings is 1. The number of hydrogen-bond donors (Lipinski definition) is 4. The number of rotatable bonds is 5. The van der Waals surface area contributed by atoms with E-state index in [1.54, 1.807) is 37.5 Å². The third-order valence-corrected chi connectivity index (χ3v) is 7.20. The highest BCUT2D eigenvalue weighted by Crippen LogP contribution is 2.44. The van der Waals surface area contributed by atoms with Gasteiger partial charge < -0.3 is 41.2 Å². The van der Waals surface area contributed by atoms with Gasteiger partial charge >= 0.3 is 0 Å². The molecule has 1 amide bonds. The Hall–Kier alpha value is -3.48. The van der Waals surface area contributed by atoms with Crippen molar-refractivity contribution in [3.05, 3.63) is 36.2 Å². The van der Waals surface area contributed by atoms with Gasteiger partial charge in [-0.2, -0.15) is 9.97 Å². The second kappa shape index (κ2) is 9.19. The Morgan fingerprint density at radius 1 is 1.22 bits per heavy atom. The fourth-order valence-electron chi connectivity index (χ4n) is 5.13. The topological polar surface area (TPSA) is 181 Å². The summed E-state index contributed by atoms with van der Waals surface area (Å²) in [6, 6.07) is 6.74. The van der Waals surface area contributed by atoms with Crippen molar-refractivity contribution < 1.29 is 19.4 Å². The summed E-state index contributed by atoms with van der Waals surface area (Å²) in [5.41, 5.74) is 17.2. The number of carbonyl (C=O) groups excluding carboxylic acids is 1. The molecule has 5 rings (SSSR count). The number of likely N-dealkylation sites (tertiary alicyclic amines) is 1. The van der Waals surface area contributed by atoms with Gasteiger partial charge in [0.05, 0.1) is 24.6 Å².